The Kier molecular flexibility index (Phi) is 12.0. The standard InChI is InChI=1S/C18H31NO.H2O/c1-3-4-5-6-7-8-9-10-11-15-18(20)19-16-13-12-14-17(19)2;/h12-14,16-17H,3-11,15H2,1-2H3;1H2. The Balaban J connectivity index is 0.00000400. The third-order valence-corrected chi connectivity index (χ3v) is 3.97. The predicted octanol–water partition coefficient (Wildman–Crippen LogP) is 4.38. The fraction of sp³-hybridized carbons (Fsp3) is 0.722. The van der Waals surface area contributed by atoms with Crippen LogP contribution >= 0.6 is 0 Å². The van der Waals surface area contributed by atoms with Crippen LogP contribution in [0.15, 0.2) is 24.4 Å². The van der Waals surface area contributed by atoms with Crippen molar-refractivity contribution in [3.05, 3.63) is 24.4 Å². The SMILES string of the molecule is CCCCCCCCCCCC(=O)N1C=CC=CC1C.O. The summed E-state index contributed by atoms with van der Waals surface area (Å²) in [7, 11) is 0. The molecule has 1 aliphatic rings. The lowest BCUT2D eigenvalue weighted by Gasteiger charge is -2.25. The van der Waals surface area contributed by atoms with E-state index < -0.39 is 0 Å². The van der Waals surface area contributed by atoms with Crippen molar-refractivity contribution in [3.8, 4) is 0 Å². The first kappa shape index (κ1) is 19.9. The highest BCUT2D eigenvalue weighted by Crippen LogP contribution is 2.14. The molecule has 0 bridgehead atoms. The van der Waals surface area contributed by atoms with Gasteiger partial charge in [0.15, 0.2) is 0 Å². The number of allylic oxidation sites excluding steroid dienone is 2. The van der Waals surface area contributed by atoms with Crippen LogP contribution in [0.25, 0.3) is 0 Å². The van der Waals surface area contributed by atoms with Crippen molar-refractivity contribution >= 4 is 5.91 Å². The molecule has 1 atom stereocenters. The minimum Gasteiger partial charge on any atom is -0.412 e. The highest BCUT2D eigenvalue weighted by molar-refractivity contribution is 5.78. The number of hydrogen-bond donors (Lipinski definition) is 0. The van der Waals surface area contributed by atoms with Crippen molar-refractivity contribution in [1.82, 2.24) is 4.90 Å². The number of rotatable bonds is 10. The maximum atomic E-state index is 12.1. The van der Waals surface area contributed by atoms with Crippen LogP contribution in [0.2, 0.25) is 0 Å². The fourth-order valence-corrected chi connectivity index (χ4v) is 2.62. The minimum absolute atomic E-state index is 0. The largest absolute Gasteiger partial charge is 0.412 e. The van der Waals surface area contributed by atoms with Crippen LogP contribution in [0.5, 0.6) is 0 Å². The molecule has 21 heavy (non-hydrogen) atoms. The van der Waals surface area contributed by atoms with Crippen molar-refractivity contribution in [2.75, 3.05) is 0 Å². The average molecular weight is 295 g/mol. The molecule has 0 aromatic heterocycles. The van der Waals surface area contributed by atoms with Crippen LogP contribution in [0.1, 0.15) is 78.1 Å². The van der Waals surface area contributed by atoms with E-state index >= 15 is 0 Å². The van der Waals surface area contributed by atoms with Crippen molar-refractivity contribution in [2.45, 2.75) is 84.1 Å². The van der Waals surface area contributed by atoms with Gasteiger partial charge in [0.1, 0.15) is 0 Å². The van der Waals surface area contributed by atoms with Crippen molar-refractivity contribution in [3.63, 3.8) is 0 Å². The molecule has 122 valence electrons. The van der Waals surface area contributed by atoms with Crippen LogP contribution in [0, 0.1) is 0 Å². The molecule has 0 saturated heterocycles. The number of carbonyl (C=O) groups is 1. The summed E-state index contributed by atoms with van der Waals surface area (Å²) in [4.78, 5) is 13.9. The Bertz CT molecular complexity index is 323. The van der Waals surface area contributed by atoms with E-state index in [9.17, 15) is 4.79 Å². The Morgan fingerprint density at radius 2 is 1.52 bits per heavy atom. The zero-order valence-electron chi connectivity index (χ0n) is 13.8. The molecule has 1 heterocycles. The van der Waals surface area contributed by atoms with Gasteiger partial charge in [-0.15, -0.1) is 0 Å². The van der Waals surface area contributed by atoms with E-state index in [-0.39, 0.29) is 17.4 Å². The lowest BCUT2D eigenvalue weighted by Crippen LogP contribution is -2.33. The summed E-state index contributed by atoms with van der Waals surface area (Å²) in [5.41, 5.74) is 0. The van der Waals surface area contributed by atoms with Gasteiger partial charge in [0.2, 0.25) is 5.91 Å². The quantitative estimate of drug-likeness (QED) is 0.552. The van der Waals surface area contributed by atoms with Crippen LogP contribution in [-0.2, 0) is 4.79 Å². The zero-order valence-corrected chi connectivity index (χ0v) is 13.8. The van der Waals surface area contributed by atoms with Gasteiger partial charge in [-0.25, -0.2) is 0 Å². The number of unbranched alkanes of at least 4 members (excludes halogenated alkanes) is 8. The second-order valence-corrected chi connectivity index (χ2v) is 5.85. The number of nitrogens with zero attached hydrogens (tertiary/aromatic N) is 1. The molecule has 0 aliphatic carbocycles. The van der Waals surface area contributed by atoms with E-state index in [1.165, 1.54) is 51.4 Å². The molecule has 1 rings (SSSR count). The van der Waals surface area contributed by atoms with Crippen molar-refractivity contribution < 1.29 is 10.3 Å². The third kappa shape index (κ3) is 8.71. The Morgan fingerprint density at radius 3 is 2.10 bits per heavy atom. The molecule has 0 saturated carbocycles. The molecule has 0 radical (unpaired) electrons. The molecular weight excluding hydrogens is 262 g/mol. The Labute approximate surface area is 130 Å². The smallest absolute Gasteiger partial charge is 0.227 e. The minimum atomic E-state index is 0. The lowest BCUT2D eigenvalue weighted by atomic mass is 10.1. The second-order valence-electron chi connectivity index (χ2n) is 5.85. The Morgan fingerprint density at radius 1 is 0.952 bits per heavy atom. The second kappa shape index (κ2) is 12.6. The van der Waals surface area contributed by atoms with Gasteiger partial charge in [-0.05, 0) is 19.4 Å². The van der Waals surface area contributed by atoms with Crippen molar-refractivity contribution in [1.29, 1.82) is 0 Å². The summed E-state index contributed by atoms with van der Waals surface area (Å²) in [6.07, 6.45) is 20.3. The molecule has 0 aromatic rings. The van der Waals surface area contributed by atoms with Crippen LogP contribution in [0.4, 0.5) is 0 Å². The van der Waals surface area contributed by atoms with E-state index in [4.69, 9.17) is 0 Å². The van der Waals surface area contributed by atoms with Gasteiger partial charge in [0.05, 0.1) is 6.04 Å². The van der Waals surface area contributed by atoms with Gasteiger partial charge in [-0.2, -0.15) is 0 Å². The number of carbonyl (C=O) groups excluding carboxylic acids is 1. The highest BCUT2D eigenvalue weighted by atomic mass is 16.2. The first-order valence-corrected chi connectivity index (χ1v) is 8.42. The number of amides is 1. The normalized spacial score (nSPS) is 16.9. The lowest BCUT2D eigenvalue weighted by molar-refractivity contribution is -0.129. The first-order chi connectivity index (χ1) is 9.75. The van der Waals surface area contributed by atoms with E-state index in [2.05, 4.69) is 19.9 Å². The molecule has 1 aliphatic heterocycles. The summed E-state index contributed by atoms with van der Waals surface area (Å²) >= 11 is 0. The van der Waals surface area contributed by atoms with Crippen LogP contribution in [0.3, 0.4) is 0 Å². The first-order valence-electron chi connectivity index (χ1n) is 8.42. The highest BCUT2D eigenvalue weighted by Gasteiger charge is 2.16. The van der Waals surface area contributed by atoms with Gasteiger partial charge < -0.3 is 10.4 Å². The maximum absolute atomic E-state index is 12.1. The molecule has 1 amide bonds. The van der Waals surface area contributed by atoms with E-state index in [0.29, 0.717) is 6.42 Å². The fourth-order valence-electron chi connectivity index (χ4n) is 2.62. The molecule has 3 nitrogen and oxygen atoms in total. The Hall–Kier alpha value is -1.09. The van der Waals surface area contributed by atoms with E-state index in [1.807, 2.05) is 23.3 Å². The van der Waals surface area contributed by atoms with Gasteiger partial charge in [0, 0.05) is 12.6 Å². The monoisotopic (exact) mass is 295 g/mol. The third-order valence-electron chi connectivity index (χ3n) is 3.97. The molecule has 1 unspecified atom stereocenters. The predicted molar refractivity (Wildman–Crippen MR) is 90.0 cm³/mol. The molecular formula is C18H33NO2. The topological polar surface area (TPSA) is 51.8 Å². The molecule has 0 spiro atoms. The molecule has 0 fully saturated rings. The van der Waals surface area contributed by atoms with E-state index in [0.717, 1.165) is 6.42 Å². The van der Waals surface area contributed by atoms with Gasteiger partial charge in [-0.3, -0.25) is 4.79 Å². The number of hydrogen-bond acceptors (Lipinski definition) is 1. The van der Waals surface area contributed by atoms with Crippen LogP contribution < -0.4 is 0 Å². The summed E-state index contributed by atoms with van der Waals surface area (Å²) < 4.78 is 0. The molecule has 2 N–H and O–H groups in total. The van der Waals surface area contributed by atoms with Gasteiger partial charge in [-0.1, -0.05) is 70.4 Å². The van der Waals surface area contributed by atoms with E-state index in [1.54, 1.807) is 0 Å². The maximum Gasteiger partial charge on any atom is 0.227 e. The summed E-state index contributed by atoms with van der Waals surface area (Å²) in [5, 5.41) is 0. The van der Waals surface area contributed by atoms with Gasteiger partial charge in [0.25, 0.3) is 0 Å². The van der Waals surface area contributed by atoms with Crippen molar-refractivity contribution in [2.24, 2.45) is 0 Å². The van der Waals surface area contributed by atoms with Gasteiger partial charge >= 0.3 is 0 Å². The summed E-state index contributed by atoms with van der Waals surface area (Å²) in [6, 6.07) is 0.214. The average Bonchev–Trinajstić information content (AvgIpc) is 2.46. The summed E-state index contributed by atoms with van der Waals surface area (Å²) in [5.74, 6) is 0.265. The molecule has 0 aromatic carbocycles. The molecule has 3 heteroatoms. The zero-order chi connectivity index (χ0) is 14.6. The van der Waals surface area contributed by atoms with Crippen LogP contribution in [-0.4, -0.2) is 22.3 Å². The summed E-state index contributed by atoms with van der Waals surface area (Å²) in [6.45, 7) is 4.32.